The molecule has 3 nitrogen and oxygen atoms in total. The van der Waals surface area contributed by atoms with Crippen LogP contribution in [0.25, 0.3) is 0 Å². The van der Waals surface area contributed by atoms with Crippen molar-refractivity contribution in [2.24, 2.45) is 0 Å². The second kappa shape index (κ2) is 6.05. The third kappa shape index (κ3) is 3.49. The Bertz CT molecular complexity index is 326. The van der Waals surface area contributed by atoms with Gasteiger partial charge in [0.15, 0.2) is 0 Å². The van der Waals surface area contributed by atoms with Crippen molar-refractivity contribution in [3.8, 4) is 0 Å². The highest BCUT2D eigenvalue weighted by atomic mass is 35.5. The summed E-state index contributed by atoms with van der Waals surface area (Å²) in [5, 5.41) is 0. The third-order valence-electron chi connectivity index (χ3n) is 1.45. The summed E-state index contributed by atoms with van der Waals surface area (Å²) < 4.78 is 4.82. The van der Waals surface area contributed by atoms with E-state index in [4.69, 9.17) is 10.5 Å². The van der Waals surface area contributed by atoms with Gasteiger partial charge in [0.05, 0.1) is 5.56 Å². The highest BCUT2D eigenvalue weighted by Gasteiger charge is 2.04. The highest BCUT2D eigenvalue weighted by molar-refractivity contribution is 5.90. The van der Waals surface area contributed by atoms with Gasteiger partial charge >= 0.3 is 5.97 Å². The molecule has 14 heavy (non-hydrogen) atoms. The first-order chi connectivity index (χ1) is 6.24. The number of hydrogen-bond donors (Lipinski definition) is 1. The zero-order valence-corrected chi connectivity index (χ0v) is 8.42. The first-order valence-electron chi connectivity index (χ1n) is 3.87. The first-order valence-corrected chi connectivity index (χ1v) is 3.87. The summed E-state index contributed by atoms with van der Waals surface area (Å²) in [5.74, 6) is -0.382. The average molecular weight is 214 g/mol. The normalized spacial score (nSPS) is 8.57. The van der Waals surface area contributed by atoms with Gasteiger partial charge < -0.3 is 10.5 Å². The Labute approximate surface area is 89.0 Å². The van der Waals surface area contributed by atoms with E-state index in [9.17, 15) is 4.79 Å². The van der Waals surface area contributed by atoms with Crippen LogP contribution in [0.4, 0.5) is 5.69 Å². The molecule has 1 aromatic rings. The van der Waals surface area contributed by atoms with Crippen LogP contribution in [0, 0.1) is 0 Å². The number of anilines is 1. The molecule has 0 saturated heterocycles. The average Bonchev–Trinajstić information content (AvgIpc) is 2.14. The monoisotopic (exact) mass is 213 g/mol. The fourth-order valence-corrected chi connectivity index (χ4v) is 0.884. The van der Waals surface area contributed by atoms with Crippen molar-refractivity contribution in [1.82, 2.24) is 0 Å². The standard InChI is InChI=1S/C10H11NO2.ClH/c1-2-6-13-10(12)8-4-3-5-9(11)7-8;/h2-5,7H,1,6,11H2;1H. The van der Waals surface area contributed by atoms with E-state index in [1.165, 1.54) is 6.08 Å². The summed E-state index contributed by atoms with van der Waals surface area (Å²) >= 11 is 0. The van der Waals surface area contributed by atoms with Crippen LogP contribution in [-0.2, 0) is 4.74 Å². The summed E-state index contributed by atoms with van der Waals surface area (Å²) in [5.41, 5.74) is 6.51. The summed E-state index contributed by atoms with van der Waals surface area (Å²) in [7, 11) is 0. The van der Waals surface area contributed by atoms with E-state index in [1.54, 1.807) is 24.3 Å². The van der Waals surface area contributed by atoms with Gasteiger partial charge in [0.25, 0.3) is 0 Å². The van der Waals surface area contributed by atoms with Gasteiger partial charge in [-0.15, -0.1) is 12.4 Å². The number of benzene rings is 1. The molecular formula is C10H12ClNO2. The number of carbonyl (C=O) groups is 1. The number of carbonyl (C=O) groups excluding carboxylic acids is 1. The van der Waals surface area contributed by atoms with Crippen LogP contribution in [0.1, 0.15) is 10.4 Å². The summed E-state index contributed by atoms with van der Waals surface area (Å²) in [6.45, 7) is 3.66. The number of rotatable bonds is 3. The van der Waals surface area contributed by atoms with E-state index in [-0.39, 0.29) is 25.0 Å². The van der Waals surface area contributed by atoms with Crippen molar-refractivity contribution >= 4 is 24.1 Å². The number of halogens is 1. The molecule has 2 N–H and O–H groups in total. The number of ether oxygens (including phenoxy) is 1. The lowest BCUT2D eigenvalue weighted by molar-refractivity contribution is 0.0550. The van der Waals surface area contributed by atoms with Gasteiger partial charge in [0.1, 0.15) is 6.61 Å². The second-order valence-corrected chi connectivity index (χ2v) is 2.51. The molecule has 1 aromatic carbocycles. The highest BCUT2D eigenvalue weighted by Crippen LogP contribution is 2.07. The molecule has 0 atom stereocenters. The first kappa shape index (κ1) is 12.5. The van der Waals surface area contributed by atoms with Crippen LogP contribution >= 0.6 is 12.4 Å². The summed E-state index contributed by atoms with van der Waals surface area (Å²) in [6.07, 6.45) is 1.52. The minimum absolute atomic E-state index is 0. The maximum absolute atomic E-state index is 11.2. The van der Waals surface area contributed by atoms with Crippen molar-refractivity contribution < 1.29 is 9.53 Å². The number of esters is 1. The van der Waals surface area contributed by atoms with E-state index >= 15 is 0 Å². The Morgan fingerprint density at radius 2 is 2.29 bits per heavy atom. The lowest BCUT2D eigenvalue weighted by Gasteiger charge is -2.01. The zero-order valence-electron chi connectivity index (χ0n) is 7.60. The molecule has 0 fully saturated rings. The zero-order chi connectivity index (χ0) is 9.68. The molecule has 0 aliphatic heterocycles. The minimum atomic E-state index is -0.382. The van der Waals surface area contributed by atoms with Crippen molar-refractivity contribution in [3.05, 3.63) is 42.5 Å². The predicted octanol–water partition coefficient (Wildman–Crippen LogP) is 2.03. The molecule has 0 unspecified atom stereocenters. The maximum atomic E-state index is 11.2. The lowest BCUT2D eigenvalue weighted by atomic mass is 10.2. The Morgan fingerprint density at radius 1 is 1.57 bits per heavy atom. The number of nitrogens with two attached hydrogens (primary N) is 1. The van der Waals surface area contributed by atoms with E-state index in [0.29, 0.717) is 11.3 Å². The number of nitrogen functional groups attached to an aromatic ring is 1. The minimum Gasteiger partial charge on any atom is -0.458 e. The molecular weight excluding hydrogens is 202 g/mol. The van der Waals surface area contributed by atoms with Crippen LogP contribution in [0.2, 0.25) is 0 Å². The van der Waals surface area contributed by atoms with Crippen molar-refractivity contribution in [3.63, 3.8) is 0 Å². The molecule has 0 aliphatic rings. The quantitative estimate of drug-likeness (QED) is 0.475. The molecule has 1 rings (SSSR count). The van der Waals surface area contributed by atoms with E-state index in [1.807, 2.05) is 0 Å². The Kier molecular flexibility index (Phi) is 5.41. The fraction of sp³-hybridized carbons (Fsp3) is 0.100. The van der Waals surface area contributed by atoms with Crippen LogP contribution in [-0.4, -0.2) is 12.6 Å². The number of hydrogen-bond acceptors (Lipinski definition) is 3. The lowest BCUT2D eigenvalue weighted by Crippen LogP contribution is -2.05. The Hall–Kier alpha value is -1.48. The van der Waals surface area contributed by atoms with Gasteiger partial charge in [0.2, 0.25) is 0 Å². The van der Waals surface area contributed by atoms with Crippen LogP contribution in [0.5, 0.6) is 0 Å². The SMILES string of the molecule is C=CCOC(=O)c1cccc(N)c1.Cl. The molecule has 0 saturated carbocycles. The van der Waals surface area contributed by atoms with Crippen LogP contribution in [0.3, 0.4) is 0 Å². The summed E-state index contributed by atoms with van der Waals surface area (Å²) in [4.78, 5) is 11.2. The smallest absolute Gasteiger partial charge is 0.338 e. The van der Waals surface area contributed by atoms with E-state index in [0.717, 1.165) is 0 Å². The molecule has 0 heterocycles. The molecule has 0 spiro atoms. The summed E-state index contributed by atoms with van der Waals surface area (Å²) in [6, 6.07) is 6.65. The molecule has 0 amide bonds. The van der Waals surface area contributed by atoms with Crippen LogP contribution in [0.15, 0.2) is 36.9 Å². The van der Waals surface area contributed by atoms with Gasteiger partial charge in [0, 0.05) is 5.69 Å². The van der Waals surface area contributed by atoms with E-state index in [2.05, 4.69) is 6.58 Å². The van der Waals surface area contributed by atoms with Gasteiger partial charge in [-0.05, 0) is 18.2 Å². The largest absolute Gasteiger partial charge is 0.458 e. The fourth-order valence-electron chi connectivity index (χ4n) is 0.884. The molecule has 0 aromatic heterocycles. The van der Waals surface area contributed by atoms with Gasteiger partial charge in [-0.1, -0.05) is 18.7 Å². The van der Waals surface area contributed by atoms with Crippen molar-refractivity contribution in [2.45, 2.75) is 0 Å². The third-order valence-corrected chi connectivity index (χ3v) is 1.45. The van der Waals surface area contributed by atoms with Crippen molar-refractivity contribution in [1.29, 1.82) is 0 Å². The Balaban J connectivity index is 0.00000169. The molecule has 0 radical (unpaired) electrons. The maximum Gasteiger partial charge on any atom is 0.338 e. The van der Waals surface area contributed by atoms with Crippen LogP contribution < -0.4 is 5.73 Å². The van der Waals surface area contributed by atoms with E-state index < -0.39 is 0 Å². The van der Waals surface area contributed by atoms with Gasteiger partial charge in [-0.25, -0.2) is 4.79 Å². The van der Waals surface area contributed by atoms with Gasteiger partial charge in [-0.2, -0.15) is 0 Å². The molecule has 0 aliphatic carbocycles. The van der Waals surface area contributed by atoms with Gasteiger partial charge in [-0.3, -0.25) is 0 Å². The molecule has 0 bridgehead atoms. The molecule has 76 valence electrons. The topological polar surface area (TPSA) is 52.3 Å². The Morgan fingerprint density at radius 3 is 2.86 bits per heavy atom. The molecule has 4 heteroatoms. The predicted molar refractivity (Wildman–Crippen MR) is 58.6 cm³/mol. The second-order valence-electron chi connectivity index (χ2n) is 2.51. The van der Waals surface area contributed by atoms with Crippen molar-refractivity contribution in [2.75, 3.05) is 12.3 Å².